The van der Waals surface area contributed by atoms with E-state index in [1.165, 1.54) is 17.3 Å². The number of hydrogen-bond acceptors (Lipinski definition) is 7. The first-order valence-electron chi connectivity index (χ1n) is 9.46. The average Bonchev–Trinajstić information content (AvgIpc) is 3.07. The van der Waals surface area contributed by atoms with E-state index in [0.717, 1.165) is 0 Å². The average molecular weight is 482 g/mol. The van der Waals surface area contributed by atoms with Crippen molar-refractivity contribution in [3.05, 3.63) is 57.8 Å². The molecular formula is C20H19Cl2N4O6-. The number of aromatic nitrogens is 1. The zero-order chi connectivity index (χ0) is 23.5. The van der Waals surface area contributed by atoms with Gasteiger partial charge in [-0.3, -0.25) is 14.8 Å². The number of amides is 3. The molecule has 0 saturated carbocycles. The first-order valence-corrected chi connectivity index (χ1v) is 10.2. The number of rotatable bonds is 7. The maximum absolute atomic E-state index is 13.1. The molecule has 32 heavy (non-hydrogen) atoms. The Morgan fingerprint density at radius 1 is 1.28 bits per heavy atom. The van der Waals surface area contributed by atoms with Gasteiger partial charge in [-0.25, -0.2) is 10.5 Å². The van der Waals surface area contributed by atoms with Gasteiger partial charge < -0.3 is 24.9 Å². The van der Waals surface area contributed by atoms with Crippen LogP contribution < -0.4 is 20.6 Å². The third-order valence-electron chi connectivity index (χ3n) is 5.20. The van der Waals surface area contributed by atoms with Crippen molar-refractivity contribution >= 4 is 41.1 Å². The SMILES string of the molecule is CC(C(=O)NO)N1CCC(NC(=O)[O-])(c2ccc(OCc3cc(Cl)nc(Cl)c3)cc2)C1=O. The second-order valence-corrected chi connectivity index (χ2v) is 7.93. The van der Waals surface area contributed by atoms with Crippen LogP contribution >= 0.6 is 23.2 Å². The molecule has 0 aliphatic carbocycles. The molecule has 0 spiro atoms. The summed E-state index contributed by atoms with van der Waals surface area (Å²) in [7, 11) is 0. The lowest BCUT2D eigenvalue weighted by Gasteiger charge is -2.32. The Balaban J connectivity index is 1.81. The predicted octanol–water partition coefficient (Wildman–Crippen LogP) is 1.22. The Labute approximate surface area is 193 Å². The van der Waals surface area contributed by atoms with Gasteiger partial charge in [0.1, 0.15) is 40.3 Å². The second-order valence-electron chi connectivity index (χ2n) is 7.15. The zero-order valence-corrected chi connectivity index (χ0v) is 18.3. The Kier molecular flexibility index (Phi) is 7.07. The molecule has 3 rings (SSSR count). The van der Waals surface area contributed by atoms with E-state index in [0.29, 0.717) is 16.9 Å². The molecule has 2 unspecified atom stereocenters. The Morgan fingerprint density at radius 2 is 1.91 bits per heavy atom. The van der Waals surface area contributed by atoms with Gasteiger partial charge in [0.15, 0.2) is 0 Å². The predicted molar refractivity (Wildman–Crippen MR) is 111 cm³/mol. The summed E-state index contributed by atoms with van der Waals surface area (Å²) in [5.41, 5.74) is 0.917. The van der Waals surface area contributed by atoms with Crippen molar-refractivity contribution in [3.63, 3.8) is 0 Å². The summed E-state index contributed by atoms with van der Waals surface area (Å²) in [6.07, 6.45) is -1.57. The lowest BCUT2D eigenvalue weighted by Crippen LogP contribution is -2.57. The lowest BCUT2D eigenvalue weighted by molar-refractivity contribution is -0.253. The smallest absolute Gasteiger partial charge is 0.265 e. The Hall–Kier alpha value is -3.08. The molecule has 3 N–H and O–H groups in total. The molecule has 1 aliphatic rings. The van der Waals surface area contributed by atoms with Crippen molar-refractivity contribution < 1.29 is 29.4 Å². The number of carbonyl (C=O) groups excluding carboxylic acids is 3. The molecule has 3 amide bonds. The Bertz CT molecular complexity index is 1020. The number of carboxylic acid groups (broad SMARTS) is 1. The summed E-state index contributed by atoms with van der Waals surface area (Å²) in [5, 5.41) is 22.9. The van der Waals surface area contributed by atoms with E-state index in [4.69, 9.17) is 33.1 Å². The van der Waals surface area contributed by atoms with Gasteiger partial charge in [0.25, 0.3) is 11.8 Å². The number of likely N-dealkylation sites (tertiary alicyclic amines) is 1. The molecular weight excluding hydrogens is 463 g/mol. The van der Waals surface area contributed by atoms with Gasteiger partial charge in [0.2, 0.25) is 0 Å². The van der Waals surface area contributed by atoms with Gasteiger partial charge in [-0.15, -0.1) is 0 Å². The zero-order valence-electron chi connectivity index (χ0n) is 16.8. The third-order valence-corrected chi connectivity index (χ3v) is 5.59. The van der Waals surface area contributed by atoms with E-state index in [9.17, 15) is 19.5 Å². The summed E-state index contributed by atoms with van der Waals surface area (Å²) < 4.78 is 5.70. The van der Waals surface area contributed by atoms with Crippen molar-refractivity contribution in [1.29, 1.82) is 0 Å². The molecule has 0 bridgehead atoms. The molecule has 10 nitrogen and oxygen atoms in total. The van der Waals surface area contributed by atoms with Gasteiger partial charge in [-0.05, 0) is 42.3 Å². The molecule has 12 heteroatoms. The maximum Gasteiger partial charge on any atom is 0.265 e. The number of nitrogens with one attached hydrogen (secondary N) is 2. The van der Waals surface area contributed by atoms with Crippen molar-refractivity contribution in [2.45, 2.75) is 31.5 Å². The minimum absolute atomic E-state index is 0.0665. The summed E-state index contributed by atoms with van der Waals surface area (Å²) in [6.45, 7) is 1.67. The van der Waals surface area contributed by atoms with Crippen molar-refractivity contribution in [2.24, 2.45) is 0 Å². The van der Waals surface area contributed by atoms with Crippen LogP contribution in [0.4, 0.5) is 4.79 Å². The van der Waals surface area contributed by atoms with Gasteiger partial charge in [0.05, 0.1) is 0 Å². The highest BCUT2D eigenvalue weighted by molar-refractivity contribution is 6.32. The van der Waals surface area contributed by atoms with E-state index in [1.807, 2.05) is 0 Å². The lowest BCUT2D eigenvalue weighted by atomic mass is 9.88. The molecule has 2 heterocycles. The molecule has 1 saturated heterocycles. The number of halogens is 2. The number of hydroxylamine groups is 1. The number of hydrogen-bond donors (Lipinski definition) is 3. The van der Waals surface area contributed by atoms with Crippen LogP contribution in [0.3, 0.4) is 0 Å². The molecule has 170 valence electrons. The highest BCUT2D eigenvalue weighted by atomic mass is 35.5. The number of pyridine rings is 1. The fourth-order valence-corrected chi connectivity index (χ4v) is 4.08. The maximum atomic E-state index is 13.1. The monoisotopic (exact) mass is 481 g/mol. The van der Waals surface area contributed by atoms with Crippen LogP contribution in [0.15, 0.2) is 36.4 Å². The first-order chi connectivity index (χ1) is 15.2. The molecule has 2 atom stereocenters. The van der Waals surface area contributed by atoms with Crippen molar-refractivity contribution in [2.75, 3.05) is 6.54 Å². The summed E-state index contributed by atoms with van der Waals surface area (Å²) in [5.74, 6) is -0.966. The second kappa shape index (κ2) is 9.60. The first kappa shape index (κ1) is 23.6. The molecule has 1 fully saturated rings. The number of benzene rings is 1. The molecule has 1 aromatic carbocycles. The number of nitrogens with zero attached hydrogens (tertiary/aromatic N) is 2. The normalized spacial score (nSPS) is 18.9. The summed E-state index contributed by atoms with van der Waals surface area (Å²) >= 11 is 11.7. The van der Waals surface area contributed by atoms with E-state index < -0.39 is 29.5 Å². The van der Waals surface area contributed by atoms with Gasteiger partial charge in [-0.2, -0.15) is 0 Å². The summed E-state index contributed by atoms with van der Waals surface area (Å²) in [6, 6.07) is 8.48. The van der Waals surface area contributed by atoms with Crippen LogP contribution in [-0.2, 0) is 21.7 Å². The quantitative estimate of drug-likeness (QED) is 0.306. The third kappa shape index (κ3) is 4.87. The molecule has 1 aromatic heterocycles. The topological polar surface area (TPSA) is 144 Å². The molecule has 1 aliphatic heterocycles. The number of carbonyl (C=O) groups is 3. The van der Waals surface area contributed by atoms with Crippen LogP contribution in [0.5, 0.6) is 5.75 Å². The van der Waals surface area contributed by atoms with E-state index in [-0.39, 0.29) is 29.9 Å². The largest absolute Gasteiger partial charge is 0.530 e. The highest BCUT2D eigenvalue weighted by Gasteiger charge is 2.50. The van der Waals surface area contributed by atoms with Crippen molar-refractivity contribution in [3.8, 4) is 5.75 Å². The van der Waals surface area contributed by atoms with Crippen LogP contribution in [0.2, 0.25) is 10.3 Å². The van der Waals surface area contributed by atoms with E-state index in [1.54, 1.807) is 36.4 Å². The van der Waals surface area contributed by atoms with Crippen LogP contribution in [-0.4, -0.2) is 45.6 Å². The molecule has 2 aromatic rings. The highest BCUT2D eigenvalue weighted by Crippen LogP contribution is 2.35. The fraction of sp³-hybridized carbons (Fsp3) is 0.300. The van der Waals surface area contributed by atoms with E-state index in [2.05, 4.69) is 10.3 Å². The van der Waals surface area contributed by atoms with Crippen molar-refractivity contribution in [1.82, 2.24) is 20.7 Å². The van der Waals surface area contributed by atoms with Gasteiger partial charge >= 0.3 is 0 Å². The number of ether oxygens (including phenoxy) is 1. The van der Waals surface area contributed by atoms with Gasteiger partial charge in [-0.1, -0.05) is 35.3 Å². The van der Waals surface area contributed by atoms with Crippen LogP contribution in [0.1, 0.15) is 24.5 Å². The fourth-order valence-electron chi connectivity index (χ4n) is 3.58. The van der Waals surface area contributed by atoms with Crippen LogP contribution in [0.25, 0.3) is 0 Å². The minimum atomic E-state index is -1.63. The molecule has 0 radical (unpaired) electrons. The van der Waals surface area contributed by atoms with E-state index >= 15 is 0 Å². The van der Waals surface area contributed by atoms with Gasteiger partial charge in [0, 0.05) is 13.0 Å². The Morgan fingerprint density at radius 3 is 2.47 bits per heavy atom. The standard InChI is InChI=1S/C20H20Cl2N4O6/c1-11(17(27)25-31)26-7-6-20(18(26)28,24-19(29)30)13-2-4-14(5-3-13)32-10-12-8-15(21)23-16(22)9-12/h2-5,8-9,11,24,31H,6-7,10H2,1H3,(H,25,27)(H,29,30)/p-1. The minimum Gasteiger partial charge on any atom is -0.530 e. The summed E-state index contributed by atoms with van der Waals surface area (Å²) in [4.78, 5) is 41.3. The van der Waals surface area contributed by atoms with Crippen LogP contribution in [0, 0.1) is 0 Å².